The molecule has 0 radical (unpaired) electrons. The standard InChI is InChI=1S/C27H23ClFNO5/c28-18-13-15(7-12-21(18)34-14-24(33)30-17-10-8-16(29)9-11-17)25-26-19(31)3-1-5-22(26)35-23-6-2-4-20(32)27(23)25/h7-13,25H,1-6,14H2,(H,30,33). The van der Waals surface area contributed by atoms with Gasteiger partial charge in [-0.25, -0.2) is 4.39 Å². The number of ether oxygens (including phenoxy) is 2. The van der Waals surface area contributed by atoms with Crippen LogP contribution in [0.3, 0.4) is 0 Å². The molecule has 0 unspecified atom stereocenters. The van der Waals surface area contributed by atoms with Crippen LogP contribution in [0.5, 0.6) is 5.75 Å². The lowest BCUT2D eigenvalue weighted by molar-refractivity contribution is -0.119. The molecule has 0 saturated carbocycles. The van der Waals surface area contributed by atoms with Crippen LogP contribution in [0.2, 0.25) is 5.02 Å². The molecule has 0 aromatic heterocycles. The van der Waals surface area contributed by atoms with Gasteiger partial charge in [-0.3, -0.25) is 14.4 Å². The average molecular weight is 496 g/mol. The van der Waals surface area contributed by atoms with Gasteiger partial charge in [0.05, 0.1) is 5.02 Å². The molecule has 35 heavy (non-hydrogen) atoms. The number of ketones is 2. The van der Waals surface area contributed by atoms with Gasteiger partial charge in [0, 0.05) is 48.4 Å². The number of amides is 1. The highest BCUT2D eigenvalue weighted by molar-refractivity contribution is 6.32. The van der Waals surface area contributed by atoms with Crippen LogP contribution < -0.4 is 10.1 Å². The molecule has 6 nitrogen and oxygen atoms in total. The van der Waals surface area contributed by atoms with Crippen molar-refractivity contribution in [3.63, 3.8) is 0 Å². The molecule has 1 heterocycles. The van der Waals surface area contributed by atoms with Crippen LogP contribution in [0.15, 0.2) is 65.1 Å². The summed E-state index contributed by atoms with van der Waals surface area (Å²) in [4.78, 5) is 38.0. The Morgan fingerprint density at radius 3 is 2.20 bits per heavy atom. The molecule has 2 aromatic rings. The normalized spacial score (nSPS) is 18.1. The molecule has 2 aromatic carbocycles. The van der Waals surface area contributed by atoms with E-state index in [1.807, 2.05) is 0 Å². The van der Waals surface area contributed by atoms with E-state index in [-0.39, 0.29) is 23.2 Å². The fraction of sp³-hybridized carbons (Fsp3) is 0.296. The van der Waals surface area contributed by atoms with Gasteiger partial charge in [0.25, 0.3) is 5.91 Å². The first kappa shape index (κ1) is 23.3. The number of halogens is 2. The second-order valence-corrected chi connectivity index (χ2v) is 9.20. The van der Waals surface area contributed by atoms with E-state index >= 15 is 0 Å². The minimum absolute atomic E-state index is 0.00455. The van der Waals surface area contributed by atoms with Gasteiger partial charge in [-0.05, 0) is 54.8 Å². The predicted molar refractivity (Wildman–Crippen MR) is 128 cm³/mol. The van der Waals surface area contributed by atoms with Crippen LogP contribution in [0, 0.1) is 5.82 Å². The molecule has 180 valence electrons. The third kappa shape index (κ3) is 4.73. The summed E-state index contributed by atoms with van der Waals surface area (Å²) in [5.41, 5.74) is 2.26. The van der Waals surface area contributed by atoms with E-state index in [1.165, 1.54) is 24.3 Å². The maximum Gasteiger partial charge on any atom is 0.262 e. The fourth-order valence-corrected chi connectivity index (χ4v) is 5.08. The van der Waals surface area contributed by atoms with Crippen LogP contribution in [0.25, 0.3) is 0 Å². The highest BCUT2D eigenvalue weighted by Gasteiger charge is 2.41. The summed E-state index contributed by atoms with van der Waals surface area (Å²) in [6.45, 7) is -0.296. The molecule has 2 aliphatic carbocycles. The Bertz CT molecular complexity index is 1240. The van der Waals surface area contributed by atoms with Crippen molar-refractivity contribution in [3.8, 4) is 5.75 Å². The smallest absolute Gasteiger partial charge is 0.262 e. The SMILES string of the molecule is O=C(COc1ccc(C2C3=C(CCCC3=O)OC3=C2C(=O)CCC3)cc1Cl)Nc1ccc(F)cc1. The maximum absolute atomic E-state index is 13.0. The average Bonchev–Trinajstić information content (AvgIpc) is 2.84. The number of hydrogen-bond acceptors (Lipinski definition) is 5. The summed E-state index contributed by atoms with van der Waals surface area (Å²) < 4.78 is 24.7. The van der Waals surface area contributed by atoms with Crippen LogP contribution in [-0.4, -0.2) is 24.1 Å². The van der Waals surface area contributed by atoms with E-state index in [1.54, 1.807) is 18.2 Å². The minimum Gasteiger partial charge on any atom is -0.482 e. The molecule has 3 aliphatic rings. The van der Waals surface area contributed by atoms with Gasteiger partial charge >= 0.3 is 0 Å². The summed E-state index contributed by atoms with van der Waals surface area (Å²) in [5, 5.41) is 2.88. The van der Waals surface area contributed by atoms with Crippen molar-refractivity contribution in [3.05, 3.63) is 81.5 Å². The number of benzene rings is 2. The molecule has 5 rings (SSSR count). The molecule has 0 saturated heterocycles. The lowest BCUT2D eigenvalue weighted by atomic mass is 9.73. The first-order chi connectivity index (χ1) is 16.9. The van der Waals surface area contributed by atoms with Crippen molar-refractivity contribution >= 4 is 34.8 Å². The number of nitrogens with one attached hydrogen (secondary N) is 1. The maximum atomic E-state index is 13.0. The van der Waals surface area contributed by atoms with Crippen molar-refractivity contribution in [1.29, 1.82) is 0 Å². The molecule has 1 amide bonds. The van der Waals surface area contributed by atoms with Crippen molar-refractivity contribution in [2.24, 2.45) is 0 Å². The monoisotopic (exact) mass is 495 g/mol. The van der Waals surface area contributed by atoms with Crippen molar-refractivity contribution in [2.75, 3.05) is 11.9 Å². The second kappa shape index (κ2) is 9.66. The number of anilines is 1. The Morgan fingerprint density at radius 1 is 0.971 bits per heavy atom. The zero-order valence-corrected chi connectivity index (χ0v) is 19.6. The number of carbonyl (C=O) groups is 3. The number of carbonyl (C=O) groups excluding carboxylic acids is 3. The van der Waals surface area contributed by atoms with Gasteiger partial charge in [-0.1, -0.05) is 17.7 Å². The minimum atomic E-state index is -0.511. The first-order valence-corrected chi connectivity index (χ1v) is 12.0. The summed E-state index contributed by atoms with van der Waals surface area (Å²) in [6, 6.07) is 10.5. The van der Waals surface area contributed by atoms with Gasteiger partial charge in [-0.2, -0.15) is 0 Å². The Hall–Kier alpha value is -3.45. The van der Waals surface area contributed by atoms with Crippen LogP contribution >= 0.6 is 11.6 Å². The van der Waals surface area contributed by atoms with Crippen LogP contribution in [-0.2, 0) is 19.1 Å². The molecule has 0 atom stereocenters. The Labute approximate surface area is 206 Å². The van der Waals surface area contributed by atoms with Crippen molar-refractivity contribution in [2.45, 2.75) is 44.4 Å². The zero-order valence-electron chi connectivity index (χ0n) is 18.9. The molecule has 1 N–H and O–H groups in total. The number of Topliss-reactive ketones (excluding diaryl/α,β-unsaturated/α-hetero) is 2. The van der Waals surface area contributed by atoms with Gasteiger partial charge in [0.2, 0.25) is 0 Å². The highest BCUT2D eigenvalue weighted by atomic mass is 35.5. The van der Waals surface area contributed by atoms with E-state index in [9.17, 15) is 18.8 Å². The Kier molecular flexibility index (Phi) is 6.43. The second-order valence-electron chi connectivity index (χ2n) is 8.80. The van der Waals surface area contributed by atoms with E-state index in [0.29, 0.717) is 65.3 Å². The van der Waals surface area contributed by atoms with Gasteiger partial charge in [-0.15, -0.1) is 0 Å². The van der Waals surface area contributed by atoms with E-state index < -0.39 is 17.6 Å². The van der Waals surface area contributed by atoms with E-state index in [4.69, 9.17) is 21.1 Å². The van der Waals surface area contributed by atoms with Gasteiger partial charge in [0.15, 0.2) is 18.2 Å². The van der Waals surface area contributed by atoms with Gasteiger partial charge < -0.3 is 14.8 Å². The Balaban J connectivity index is 1.37. The molecular formula is C27H23ClFNO5. The summed E-state index contributed by atoms with van der Waals surface area (Å²) >= 11 is 6.50. The molecule has 0 spiro atoms. The zero-order chi connectivity index (χ0) is 24.5. The molecule has 0 bridgehead atoms. The van der Waals surface area contributed by atoms with Gasteiger partial charge in [0.1, 0.15) is 23.1 Å². The third-order valence-electron chi connectivity index (χ3n) is 6.42. The lowest BCUT2D eigenvalue weighted by Crippen LogP contribution is -2.30. The number of rotatable bonds is 5. The van der Waals surface area contributed by atoms with Crippen molar-refractivity contribution < 1.29 is 28.2 Å². The summed E-state index contributed by atoms with van der Waals surface area (Å²) in [5.74, 6) is 0.276. The molecule has 1 aliphatic heterocycles. The topological polar surface area (TPSA) is 81.7 Å². The fourth-order valence-electron chi connectivity index (χ4n) is 4.84. The van der Waals surface area contributed by atoms with E-state index in [2.05, 4.69) is 5.32 Å². The number of allylic oxidation sites excluding steroid dienone is 4. The third-order valence-corrected chi connectivity index (χ3v) is 6.71. The van der Waals surface area contributed by atoms with E-state index in [0.717, 1.165) is 12.8 Å². The molecular weight excluding hydrogens is 473 g/mol. The highest BCUT2D eigenvalue weighted by Crippen LogP contribution is 2.48. The summed E-state index contributed by atoms with van der Waals surface area (Å²) in [6.07, 6.45) is 3.64. The number of hydrogen-bond donors (Lipinski definition) is 1. The summed E-state index contributed by atoms with van der Waals surface area (Å²) in [7, 11) is 0. The lowest BCUT2D eigenvalue weighted by Gasteiger charge is -2.36. The quantitative estimate of drug-likeness (QED) is 0.581. The Morgan fingerprint density at radius 2 is 1.60 bits per heavy atom. The predicted octanol–water partition coefficient (Wildman–Crippen LogP) is 5.62. The first-order valence-electron chi connectivity index (χ1n) is 11.6. The molecule has 8 heteroatoms. The largest absolute Gasteiger partial charge is 0.482 e. The van der Waals surface area contributed by atoms with Crippen molar-refractivity contribution in [1.82, 2.24) is 0 Å². The molecule has 0 fully saturated rings. The van der Waals surface area contributed by atoms with Crippen LogP contribution in [0.1, 0.15) is 50.0 Å². The van der Waals surface area contributed by atoms with Crippen LogP contribution in [0.4, 0.5) is 10.1 Å².